The van der Waals surface area contributed by atoms with E-state index in [1.165, 1.54) is 0 Å². The lowest BCUT2D eigenvalue weighted by Crippen LogP contribution is -2.33. The fourth-order valence-corrected chi connectivity index (χ4v) is 5.13. The SMILES string of the molecule is Cc1ccc(C)c(NC(=O)CCN2C(=S)N[C@@H](c3ccccn3)[C@@H]2c2cccn2Cc2cccnc2)c1. The summed E-state index contributed by atoms with van der Waals surface area (Å²) >= 11 is 5.80. The van der Waals surface area contributed by atoms with Gasteiger partial charge in [0.05, 0.1) is 17.8 Å². The third-order valence-corrected chi connectivity index (χ3v) is 7.04. The second-order valence-electron chi connectivity index (χ2n) is 9.36. The highest BCUT2D eigenvalue weighted by atomic mass is 32.1. The van der Waals surface area contributed by atoms with Crippen molar-refractivity contribution in [2.75, 3.05) is 11.9 Å². The lowest BCUT2D eigenvalue weighted by Gasteiger charge is -2.29. The van der Waals surface area contributed by atoms with E-state index in [-0.39, 0.29) is 18.0 Å². The van der Waals surface area contributed by atoms with Crippen LogP contribution in [0, 0.1) is 13.8 Å². The Balaban J connectivity index is 1.40. The molecule has 1 fully saturated rings. The number of hydrogen-bond donors (Lipinski definition) is 2. The standard InChI is InChI=1S/C29H30N6OS/c1-20-10-11-21(2)24(17-20)32-26(36)12-16-35-28(27(33-29(35)37)23-8-3-4-14-31-23)25-9-6-15-34(25)19-22-7-5-13-30-18-22/h3-11,13-15,17-18,27-28H,12,16,19H2,1-2H3,(H,32,36)(H,33,37)/t27-,28-/m0/s1. The van der Waals surface area contributed by atoms with E-state index in [0.29, 0.717) is 24.6 Å². The first-order chi connectivity index (χ1) is 18.0. The summed E-state index contributed by atoms with van der Waals surface area (Å²) in [4.78, 5) is 24.0. The maximum Gasteiger partial charge on any atom is 0.226 e. The molecule has 0 bridgehead atoms. The summed E-state index contributed by atoms with van der Waals surface area (Å²) in [6, 6.07) is 19.9. The Morgan fingerprint density at radius 2 is 1.97 bits per heavy atom. The summed E-state index contributed by atoms with van der Waals surface area (Å²) in [5.74, 6) is -0.0396. The third-order valence-electron chi connectivity index (χ3n) is 6.69. The number of carbonyl (C=O) groups is 1. The zero-order valence-corrected chi connectivity index (χ0v) is 21.8. The number of hydrogen-bond acceptors (Lipinski definition) is 4. The molecule has 8 heteroatoms. The van der Waals surface area contributed by atoms with Gasteiger partial charge in [-0.25, -0.2) is 0 Å². The molecule has 5 rings (SSSR count). The van der Waals surface area contributed by atoms with Gasteiger partial charge in [0.2, 0.25) is 5.91 Å². The van der Waals surface area contributed by atoms with Crippen molar-refractivity contribution in [1.82, 2.24) is 24.8 Å². The van der Waals surface area contributed by atoms with Gasteiger partial charge in [0.1, 0.15) is 0 Å². The molecule has 4 aromatic rings. The molecule has 7 nitrogen and oxygen atoms in total. The number of nitrogens with one attached hydrogen (secondary N) is 2. The number of amides is 1. The van der Waals surface area contributed by atoms with Crippen molar-refractivity contribution in [3.05, 3.63) is 114 Å². The number of rotatable bonds is 8. The highest BCUT2D eigenvalue weighted by Gasteiger charge is 2.41. The number of pyridine rings is 2. The molecule has 1 aromatic carbocycles. The molecule has 1 aliphatic heterocycles. The average molecular weight is 511 g/mol. The summed E-state index contributed by atoms with van der Waals surface area (Å²) in [5.41, 5.74) is 6.12. The third kappa shape index (κ3) is 5.54. The van der Waals surface area contributed by atoms with Crippen LogP contribution in [0.15, 0.2) is 85.5 Å². The smallest absolute Gasteiger partial charge is 0.226 e. The van der Waals surface area contributed by atoms with Crippen LogP contribution >= 0.6 is 12.2 Å². The number of carbonyl (C=O) groups excluding carboxylic acids is 1. The van der Waals surface area contributed by atoms with Crippen molar-refractivity contribution < 1.29 is 4.79 Å². The van der Waals surface area contributed by atoms with Crippen molar-refractivity contribution in [3.8, 4) is 0 Å². The van der Waals surface area contributed by atoms with Crippen molar-refractivity contribution in [1.29, 1.82) is 0 Å². The van der Waals surface area contributed by atoms with Gasteiger partial charge in [0.15, 0.2) is 5.11 Å². The lowest BCUT2D eigenvalue weighted by atomic mass is 10.0. The van der Waals surface area contributed by atoms with Gasteiger partial charge in [-0.2, -0.15) is 0 Å². The van der Waals surface area contributed by atoms with Crippen LogP contribution in [0.5, 0.6) is 0 Å². The van der Waals surface area contributed by atoms with E-state index < -0.39 is 0 Å². The van der Waals surface area contributed by atoms with Crippen molar-refractivity contribution in [2.45, 2.75) is 38.9 Å². The van der Waals surface area contributed by atoms with E-state index in [0.717, 1.165) is 33.8 Å². The summed E-state index contributed by atoms with van der Waals surface area (Å²) in [6.07, 6.45) is 7.84. The maximum atomic E-state index is 13.0. The molecule has 4 heterocycles. The number of nitrogens with zero attached hydrogens (tertiary/aromatic N) is 4. The normalized spacial score (nSPS) is 17.0. The van der Waals surface area contributed by atoms with Gasteiger partial charge < -0.3 is 20.1 Å². The highest BCUT2D eigenvalue weighted by Crippen LogP contribution is 2.39. The highest BCUT2D eigenvalue weighted by molar-refractivity contribution is 7.80. The molecule has 2 atom stereocenters. The van der Waals surface area contributed by atoms with Crippen molar-refractivity contribution in [3.63, 3.8) is 0 Å². The predicted molar refractivity (Wildman–Crippen MR) is 149 cm³/mol. The fourth-order valence-electron chi connectivity index (χ4n) is 4.80. The Morgan fingerprint density at radius 1 is 1.08 bits per heavy atom. The van der Waals surface area contributed by atoms with Crippen LogP contribution in [0.4, 0.5) is 5.69 Å². The van der Waals surface area contributed by atoms with Gasteiger partial charge in [-0.05, 0) is 79.2 Å². The Hall–Kier alpha value is -4.04. The minimum Gasteiger partial charge on any atom is -0.352 e. The monoisotopic (exact) mass is 510 g/mol. The molecular weight excluding hydrogens is 480 g/mol. The van der Waals surface area contributed by atoms with Gasteiger partial charge in [-0.1, -0.05) is 24.3 Å². The van der Waals surface area contributed by atoms with Crippen LogP contribution in [0.25, 0.3) is 0 Å². The Morgan fingerprint density at radius 3 is 2.76 bits per heavy atom. The van der Waals surface area contributed by atoms with E-state index in [2.05, 4.69) is 48.4 Å². The second kappa shape index (κ2) is 10.9. The summed E-state index contributed by atoms with van der Waals surface area (Å²) < 4.78 is 2.22. The van der Waals surface area contributed by atoms with Crippen LogP contribution < -0.4 is 10.6 Å². The topological polar surface area (TPSA) is 75.1 Å². The molecule has 0 saturated carbocycles. The van der Waals surface area contributed by atoms with Gasteiger partial charge in [-0.3, -0.25) is 14.8 Å². The number of aromatic nitrogens is 3. The number of thiocarbonyl (C=S) groups is 1. The van der Waals surface area contributed by atoms with Crippen LogP contribution in [0.3, 0.4) is 0 Å². The van der Waals surface area contributed by atoms with E-state index >= 15 is 0 Å². The van der Waals surface area contributed by atoms with Gasteiger partial charge in [-0.15, -0.1) is 0 Å². The Labute approximate surface area is 222 Å². The Kier molecular flexibility index (Phi) is 7.28. The molecule has 0 radical (unpaired) electrons. The van der Waals surface area contributed by atoms with E-state index in [9.17, 15) is 4.79 Å². The first-order valence-electron chi connectivity index (χ1n) is 12.4. The fraction of sp³-hybridized carbons (Fsp3) is 0.241. The molecule has 3 aromatic heterocycles. The minimum atomic E-state index is -0.140. The molecule has 37 heavy (non-hydrogen) atoms. The van der Waals surface area contributed by atoms with E-state index in [1.807, 2.05) is 68.6 Å². The molecular formula is C29H30N6OS. The molecule has 0 unspecified atom stereocenters. The van der Waals surface area contributed by atoms with Crippen molar-refractivity contribution >= 4 is 28.9 Å². The summed E-state index contributed by atoms with van der Waals surface area (Å²) in [6.45, 7) is 5.19. The number of anilines is 1. The quantitative estimate of drug-likeness (QED) is 0.327. The first-order valence-corrected chi connectivity index (χ1v) is 12.8. The first kappa shape index (κ1) is 24.6. The molecule has 1 saturated heterocycles. The molecule has 2 N–H and O–H groups in total. The van der Waals surface area contributed by atoms with Crippen molar-refractivity contribution in [2.24, 2.45) is 0 Å². The maximum absolute atomic E-state index is 13.0. The molecule has 1 aliphatic rings. The van der Waals surface area contributed by atoms with Crippen LogP contribution in [0.2, 0.25) is 0 Å². The molecule has 0 spiro atoms. The lowest BCUT2D eigenvalue weighted by molar-refractivity contribution is -0.116. The zero-order chi connectivity index (χ0) is 25.8. The molecule has 0 aliphatic carbocycles. The largest absolute Gasteiger partial charge is 0.352 e. The number of benzene rings is 1. The van der Waals surface area contributed by atoms with Gasteiger partial charge in [0, 0.05) is 55.7 Å². The van der Waals surface area contributed by atoms with E-state index in [1.54, 1.807) is 12.4 Å². The van der Waals surface area contributed by atoms with Gasteiger partial charge in [0.25, 0.3) is 0 Å². The zero-order valence-electron chi connectivity index (χ0n) is 21.0. The predicted octanol–water partition coefficient (Wildman–Crippen LogP) is 4.94. The average Bonchev–Trinajstić information content (AvgIpc) is 3.49. The molecule has 188 valence electrons. The van der Waals surface area contributed by atoms with Crippen LogP contribution in [0.1, 0.15) is 46.6 Å². The summed E-state index contributed by atoms with van der Waals surface area (Å²) in [5, 5.41) is 7.17. The summed E-state index contributed by atoms with van der Waals surface area (Å²) in [7, 11) is 0. The second-order valence-corrected chi connectivity index (χ2v) is 9.75. The van der Waals surface area contributed by atoms with E-state index in [4.69, 9.17) is 12.2 Å². The number of aryl methyl sites for hydroxylation is 2. The van der Waals surface area contributed by atoms with Crippen LogP contribution in [-0.2, 0) is 11.3 Å². The van der Waals surface area contributed by atoms with Gasteiger partial charge >= 0.3 is 0 Å². The van der Waals surface area contributed by atoms with Crippen LogP contribution in [-0.4, -0.2) is 37.0 Å². The molecule has 1 amide bonds. The minimum absolute atomic E-state index is 0.0396. The Bertz CT molecular complexity index is 1390.